The molecule has 1 aromatic carbocycles. The molecular weight excluding hydrogens is 164 g/mol. The summed E-state index contributed by atoms with van der Waals surface area (Å²) >= 11 is 0. The Labute approximate surface area is 77.8 Å². The Morgan fingerprint density at radius 2 is 2.00 bits per heavy atom. The van der Waals surface area contributed by atoms with Gasteiger partial charge in [0.25, 0.3) is 5.95 Å². The van der Waals surface area contributed by atoms with Crippen LogP contribution in [0.25, 0.3) is 12.2 Å². The summed E-state index contributed by atoms with van der Waals surface area (Å²) in [4.78, 5) is 0. The van der Waals surface area contributed by atoms with Crippen LogP contribution in [0.4, 0.5) is 0 Å². The maximum Gasteiger partial charge on any atom is 0.276 e. The number of benzene rings is 1. The fourth-order valence-corrected chi connectivity index (χ4v) is 1.02. The van der Waals surface area contributed by atoms with E-state index in [0.717, 1.165) is 11.1 Å². The monoisotopic (exact) mass is 176 g/mol. The number of rotatable bonds is 3. The summed E-state index contributed by atoms with van der Waals surface area (Å²) in [5, 5.41) is 9.14. The molecule has 68 valence electrons. The lowest BCUT2D eigenvalue weighted by Gasteiger charge is -2.01. The molecule has 0 unspecified atom stereocenters. The van der Waals surface area contributed by atoms with Crippen molar-refractivity contribution in [2.75, 3.05) is 7.11 Å². The van der Waals surface area contributed by atoms with Gasteiger partial charge in [0.1, 0.15) is 0 Å². The first-order chi connectivity index (χ1) is 6.27. The molecule has 0 radical (unpaired) electrons. The summed E-state index contributed by atoms with van der Waals surface area (Å²) in [5.41, 5.74) is 1.85. The molecule has 2 nitrogen and oxygen atoms in total. The van der Waals surface area contributed by atoms with Gasteiger partial charge in [-0.3, -0.25) is 0 Å². The van der Waals surface area contributed by atoms with Crippen molar-refractivity contribution < 1.29 is 9.84 Å². The molecule has 0 spiro atoms. The van der Waals surface area contributed by atoms with Gasteiger partial charge >= 0.3 is 0 Å². The highest BCUT2D eigenvalue weighted by Crippen LogP contribution is 2.13. The lowest BCUT2D eigenvalue weighted by Crippen LogP contribution is -1.85. The molecular formula is C11H12O2. The van der Waals surface area contributed by atoms with Crippen molar-refractivity contribution in [3.05, 3.63) is 47.9 Å². The predicted octanol–water partition coefficient (Wildman–Crippen LogP) is 2.83. The molecule has 0 heterocycles. The lowest BCUT2D eigenvalue weighted by atomic mass is 10.1. The molecule has 0 aliphatic rings. The number of hydrogen-bond acceptors (Lipinski definition) is 2. The highest BCUT2D eigenvalue weighted by molar-refractivity contribution is 5.64. The molecule has 13 heavy (non-hydrogen) atoms. The molecule has 1 aromatic rings. The Morgan fingerprint density at radius 3 is 2.54 bits per heavy atom. The minimum atomic E-state index is -0.102. The van der Waals surface area contributed by atoms with Crippen LogP contribution in [-0.2, 0) is 4.74 Å². The van der Waals surface area contributed by atoms with Crippen LogP contribution < -0.4 is 0 Å². The average Bonchev–Trinajstić information content (AvgIpc) is 2.18. The van der Waals surface area contributed by atoms with Crippen molar-refractivity contribution in [2.24, 2.45) is 0 Å². The van der Waals surface area contributed by atoms with Crippen molar-refractivity contribution in [2.45, 2.75) is 0 Å². The van der Waals surface area contributed by atoms with E-state index < -0.39 is 0 Å². The first kappa shape index (κ1) is 9.39. The first-order valence-corrected chi connectivity index (χ1v) is 3.94. The molecule has 0 atom stereocenters. The van der Waals surface area contributed by atoms with Crippen LogP contribution in [0, 0.1) is 0 Å². The molecule has 2 heteroatoms. The van der Waals surface area contributed by atoms with Crippen LogP contribution in [0.1, 0.15) is 11.1 Å². The fourth-order valence-electron chi connectivity index (χ4n) is 1.02. The molecule has 0 saturated carbocycles. The smallest absolute Gasteiger partial charge is 0.276 e. The van der Waals surface area contributed by atoms with Crippen molar-refractivity contribution in [1.29, 1.82) is 0 Å². The maximum atomic E-state index is 9.14. The average molecular weight is 176 g/mol. The van der Waals surface area contributed by atoms with Crippen molar-refractivity contribution in [3.63, 3.8) is 0 Å². The Balaban J connectivity index is 3.06. The Morgan fingerprint density at radius 1 is 1.38 bits per heavy atom. The van der Waals surface area contributed by atoms with Crippen LogP contribution >= 0.6 is 0 Å². The predicted molar refractivity (Wildman–Crippen MR) is 54.1 cm³/mol. The second kappa shape index (κ2) is 4.36. The van der Waals surface area contributed by atoms with Gasteiger partial charge in [-0.2, -0.15) is 0 Å². The SMILES string of the molecule is C=Cc1ccccc1/C=C(/O)OC. The van der Waals surface area contributed by atoms with Crippen LogP contribution in [-0.4, -0.2) is 12.2 Å². The largest absolute Gasteiger partial charge is 0.481 e. The summed E-state index contributed by atoms with van der Waals surface area (Å²) in [7, 11) is 1.42. The summed E-state index contributed by atoms with van der Waals surface area (Å²) in [6, 6.07) is 7.61. The molecule has 0 aromatic heterocycles. The number of methoxy groups -OCH3 is 1. The molecule has 1 N–H and O–H groups in total. The zero-order chi connectivity index (χ0) is 9.68. The summed E-state index contributed by atoms with van der Waals surface area (Å²) < 4.78 is 4.64. The molecule has 0 saturated heterocycles. The quantitative estimate of drug-likeness (QED) is 0.717. The number of ether oxygens (including phenoxy) is 1. The minimum absolute atomic E-state index is 0.102. The van der Waals surface area contributed by atoms with Crippen molar-refractivity contribution in [1.82, 2.24) is 0 Å². The molecule has 0 aliphatic carbocycles. The number of aliphatic hydroxyl groups excluding tert-OH is 1. The zero-order valence-corrected chi connectivity index (χ0v) is 7.53. The van der Waals surface area contributed by atoms with Gasteiger partial charge < -0.3 is 9.84 Å². The number of aliphatic hydroxyl groups is 1. The van der Waals surface area contributed by atoms with Crippen LogP contribution in [0.15, 0.2) is 36.8 Å². The van der Waals surface area contributed by atoms with Gasteiger partial charge in [0.05, 0.1) is 7.11 Å². The second-order valence-corrected chi connectivity index (χ2v) is 2.52. The second-order valence-electron chi connectivity index (χ2n) is 2.52. The topological polar surface area (TPSA) is 29.5 Å². The molecule has 0 bridgehead atoms. The molecule has 1 rings (SSSR count). The van der Waals surface area contributed by atoms with Gasteiger partial charge in [-0.25, -0.2) is 0 Å². The third-order valence-electron chi connectivity index (χ3n) is 1.70. The molecule has 0 fully saturated rings. The lowest BCUT2D eigenvalue weighted by molar-refractivity contribution is 0.141. The van der Waals surface area contributed by atoms with Gasteiger partial charge in [-0.1, -0.05) is 36.9 Å². The van der Waals surface area contributed by atoms with E-state index in [2.05, 4.69) is 11.3 Å². The summed E-state index contributed by atoms with van der Waals surface area (Å²) in [6.45, 7) is 3.67. The summed E-state index contributed by atoms with van der Waals surface area (Å²) in [6.07, 6.45) is 3.28. The van der Waals surface area contributed by atoms with E-state index in [4.69, 9.17) is 5.11 Å². The third kappa shape index (κ3) is 2.37. The van der Waals surface area contributed by atoms with E-state index >= 15 is 0 Å². The van der Waals surface area contributed by atoms with Crippen molar-refractivity contribution >= 4 is 12.2 Å². The maximum absolute atomic E-state index is 9.14. The van der Waals surface area contributed by atoms with Gasteiger partial charge in [0.2, 0.25) is 0 Å². The molecule has 0 aliphatic heterocycles. The van der Waals surface area contributed by atoms with E-state index in [1.54, 1.807) is 12.2 Å². The van der Waals surface area contributed by atoms with E-state index in [0.29, 0.717) is 0 Å². The van der Waals surface area contributed by atoms with Gasteiger partial charge in [0.15, 0.2) is 0 Å². The van der Waals surface area contributed by atoms with Gasteiger partial charge in [-0.05, 0) is 11.1 Å². The Hall–Kier alpha value is -1.70. The Kier molecular flexibility index (Phi) is 3.15. The first-order valence-electron chi connectivity index (χ1n) is 3.94. The fraction of sp³-hybridized carbons (Fsp3) is 0.0909. The third-order valence-corrected chi connectivity index (χ3v) is 1.70. The number of hydrogen-bond donors (Lipinski definition) is 1. The van der Waals surface area contributed by atoms with E-state index in [9.17, 15) is 0 Å². The van der Waals surface area contributed by atoms with Crippen LogP contribution in [0.3, 0.4) is 0 Å². The normalized spacial score (nSPS) is 11.0. The Bertz CT molecular complexity index is 327. The van der Waals surface area contributed by atoms with E-state index in [1.807, 2.05) is 24.3 Å². The minimum Gasteiger partial charge on any atom is -0.481 e. The van der Waals surface area contributed by atoms with Crippen LogP contribution in [0.2, 0.25) is 0 Å². The highest BCUT2D eigenvalue weighted by Gasteiger charge is 1.96. The van der Waals surface area contributed by atoms with Gasteiger partial charge in [-0.15, -0.1) is 0 Å². The zero-order valence-electron chi connectivity index (χ0n) is 7.53. The van der Waals surface area contributed by atoms with Gasteiger partial charge in [0, 0.05) is 6.08 Å². The van der Waals surface area contributed by atoms with E-state index in [-0.39, 0.29) is 5.95 Å². The van der Waals surface area contributed by atoms with Crippen molar-refractivity contribution in [3.8, 4) is 0 Å². The van der Waals surface area contributed by atoms with Crippen LogP contribution in [0.5, 0.6) is 0 Å². The standard InChI is InChI=1S/C11H12O2/c1-3-9-6-4-5-7-10(9)8-11(12)13-2/h3-8,12H,1H2,2H3/b11-8-. The molecule has 0 amide bonds. The van der Waals surface area contributed by atoms with E-state index in [1.165, 1.54) is 7.11 Å². The summed E-state index contributed by atoms with van der Waals surface area (Å²) in [5.74, 6) is -0.102. The highest BCUT2D eigenvalue weighted by atomic mass is 16.6.